The van der Waals surface area contributed by atoms with Crippen LogP contribution in [0.3, 0.4) is 0 Å². The molecule has 0 aromatic carbocycles. The number of nitrogens with zero attached hydrogens (tertiary/aromatic N) is 2. The fourth-order valence-corrected chi connectivity index (χ4v) is 3.49. The van der Waals surface area contributed by atoms with Gasteiger partial charge in [0.15, 0.2) is 0 Å². The van der Waals surface area contributed by atoms with Gasteiger partial charge in [-0.2, -0.15) is 0 Å². The zero-order valence-corrected chi connectivity index (χ0v) is 12.2. The second-order valence-electron chi connectivity index (χ2n) is 5.39. The third kappa shape index (κ3) is 3.18. The molecule has 2 heterocycles. The van der Waals surface area contributed by atoms with Crippen molar-refractivity contribution in [1.29, 1.82) is 0 Å². The van der Waals surface area contributed by atoms with Crippen molar-refractivity contribution in [3.63, 3.8) is 0 Å². The second-order valence-corrected chi connectivity index (χ2v) is 6.42. The summed E-state index contributed by atoms with van der Waals surface area (Å²) in [7, 11) is 0. The minimum atomic E-state index is 0.609. The van der Waals surface area contributed by atoms with Crippen LogP contribution in [0.25, 0.3) is 0 Å². The number of thiophene rings is 1. The lowest BCUT2D eigenvalue weighted by Crippen LogP contribution is -2.24. The molecule has 0 saturated heterocycles. The van der Waals surface area contributed by atoms with Crippen molar-refractivity contribution in [3.8, 4) is 0 Å². The first kappa shape index (κ1) is 12.7. The Morgan fingerprint density at radius 3 is 2.95 bits per heavy atom. The molecule has 0 spiro atoms. The maximum atomic E-state index is 4.64. The number of rotatable bonds is 4. The summed E-state index contributed by atoms with van der Waals surface area (Å²) in [5.41, 5.74) is 1.09. The summed E-state index contributed by atoms with van der Waals surface area (Å²) in [5.74, 6) is 1.04. The number of aryl methyl sites for hydroxylation is 1. The normalized spacial score (nSPS) is 16.7. The predicted molar refractivity (Wildman–Crippen MR) is 80.9 cm³/mol. The molecule has 1 fully saturated rings. The molecular weight excluding hydrogens is 254 g/mol. The molecule has 102 valence electrons. The molecule has 19 heavy (non-hydrogen) atoms. The van der Waals surface area contributed by atoms with Crippen LogP contribution in [0.4, 0.5) is 5.95 Å². The van der Waals surface area contributed by atoms with E-state index in [0.29, 0.717) is 6.04 Å². The van der Waals surface area contributed by atoms with Crippen LogP contribution in [0.1, 0.15) is 42.7 Å². The standard InChI is InChI=1S/C15H21N3S/c1-12-10-18(11-14-8-5-9-19-14)15(16-12)17-13-6-3-2-4-7-13/h5,8-10,13H,2-4,6-7,11H2,1H3,(H,16,17). The Morgan fingerprint density at radius 1 is 1.37 bits per heavy atom. The number of anilines is 1. The Labute approximate surface area is 118 Å². The van der Waals surface area contributed by atoms with Crippen LogP contribution < -0.4 is 5.32 Å². The van der Waals surface area contributed by atoms with Crippen LogP contribution in [-0.4, -0.2) is 15.6 Å². The third-order valence-electron chi connectivity index (χ3n) is 3.74. The molecule has 0 amide bonds. The Morgan fingerprint density at radius 2 is 2.21 bits per heavy atom. The lowest BCUT2D eigenvalue weighted by Gasteiger charge is -2.23. The molecule has 4 heteroatoms. The van der Waals surface area contributed by atoms with Gasteiger partial charge in [0.25, 0.3) is 0 Å². The number of hydrogen-bond donors (Lipinski definition) is 1. The molecule has 2 aromatic heterocycles. The van der Waals surface area contributed by atoms with E-state index in [1.807, 2.05) is 0 Å². The lowest BCUT2D eigenvalue weighted by atomic mass is 9.96. The van der Waals surface area contributed by atoms with Gasteiger partial charge in [-0.05, 0) is 31.2 Å². The predicted octanol–water partition coefficient (Wildman–Crippen LogP) is 4.05. The maximum Gasteiger partial charge on any atom is 0.203 e. The largest absolute Gasteiger partial charge is 0.353 e. The van der Waals surface area contributed by atoms with Gasteiger partial charge in [-0.1, -0.05) is 25.3 Å². The quantitative estimate of drug-likeness (QED) is 0.912. The van der Waals surface area contributed by atoms with Crippen LogP contribution in [0.2, 0.25) is 0 Å². The maximum absolute atomic E-state index is 4.64. The minimum absolute atomic E-state index is 0.609. The molecule has 1 aliphatic rings. The molecule has 1 aliphatic carbocycles. The molecule has 1 saturated carbocycles. The van der Waals surface area contributed by atoms with Gasteiger partial charge < -0.3 is 9.88 Å². The summed E-state index contributed by atoms with van der Waals surface area (Å²) in [6.45, 7) is 2.99. The highest BCUT2D eigenvalue weighted by molar-refractivity contribution is 7.09. The fraction of sp³-hybridized carbons (Fsp3) is 0.533. The minimum Gasteiger partial charge on any atom is -0.353 e. The van der Waals surface area contributed by atoms with Gasteiger partial charge in [-0.15, -0.1) is 11.3 Å². The van der Waals surface area contributed by atoms with Crippen molar-refractivity contribution in [1.82, 2.24) is 9.55 Å². The first-order chi connectivity index (χ1) is 9.31. The van der Waals surface area contributed by atoms with Crippen molar-refractivity contribution >= 4 is 17.3 Å². The highest BCUT2D eigenvalue weighted by Crippen LogP contribution is 2.22. The number of nitrogens with one attached hydrogen (secondary N) is 1. The van der Waals surface area contributed by atoms with Crippen molar-refractivity contribution in [2.45, 2.75) is 51.6 Å². The molecule has 2 aromatic rings. The molecular formula is C15H21N3S. The third-order valence-corrected chi connectivity index (χ3v) is 4.60. The Kier molecular flexibility index (Phi) is 3.87. The van der Waals surface area contributed by atoms with Crippen molar-refractivity contribution in [3.05, 3.63) is 34.3 Å². The summed E-state index contributed by atoms with van der Waals surface area (Å²) in [5, 5.41) is 5.77. The first-order valence-corrected chi connectivity index (χ1v) is 8.02. The van der Waals surface area contributed by atoms with E-state index in [0.717, 1.165) is 18.2 Å². The monoisotopic (exact) mass is 275 g/mol. The highest BCUT2D eigenvalue weighted by Gasteiger charge is 2.16. The van der Waals surface area contributed by atoms with E-state index in [1.165, 1.54) is 37.0 Å². The summed E-state index contributed by atoms with van der Waals surface area (Å²) < 4.78 is 2.25. The van der Waals surface area contributed by atoms with E-state index in [4.69, 9.17) is 0 Å². The van der Waals surface area contributed by atoms with Crippen LogP contribution in [0, 0.1) is 6.92 Å². The van der Waals surface area contributed by atoms with E-state index in [1.54, 1.807) is 11.3 Å². The van der Waals surface area contributed by atoms with Gasteiger partial charge in [0.2, 0.25) is 5.95 Å². The molecule has 1 N–H and O–H groups in total. The molecule has 3 nitrogen and oxygen atoms in total. The molecule has 3 rings (SSSR count). The van der Waals surface area contributed by atoms with Crippen LogP contribution in [0.5, 0.6) is 0 Å². The van der Waals surface area contributed by atoms with Crippen molar-refractivity contribution in [2.24, 2.45) is 0 Å². The summed E-state index contributed by atoms with van der Waals surface area (Å²) in [6, 6.07) is 4.90. The fourth-order valence-electron chi connectivity index (χ4n) is 2.78. The summed E-state index contributed by atoms with van der Waals surface area (Å²) in [6.07, 6.45) is 8.80. The molecule has 0 atom stereocenters. The average molecular weight is 275 g/mol. The van der Waals surface area contributed by atoms with E-state index in [-0.39, 0.29) is 0 Å². The number of hydrogen-bond acceptors (Lipinski definition) is 3. The molecule has 0 unspecified atom stereocenters. The Hall–Kier alpha value is -1.29. The van der Waals surface area contributed by atoms with Gasteiger partial charge in [0.1, 0.15) is 0 Å². The second kappa shape index (κ2) is 5.78. The van der Waals surface area contributed by atoms with Crippen LogP contribution in [0.15, 0.2) is 23.7 Å². The SMILES string of the molecule is Cc1cn(Cc2cccs2)c(NC2CCCCC2)n1. The van der Waals surface area contributed by atoms with Crippen LogP contribution in [-0.2, 0) is 6.54 Å². The van der Waals surface area contributed by atoms with Gasteiger partial charge >= 0.3 is 0 Å². The van der Waals surface area contributed by atoms with Crippen molar-refractivity contribution < 1.29 is 0 Å². The van der Waals surface area contributed by atoms with Gasteiger partial charge in [-0.25, -0.2) is 4.98 Å². The average Bonchev–Trinajstić information content (AvgIpc) is 3.02. The van der Waals surface area contributed by atoms with E-state index >= 15 is 0 Å². The number of imidazole rings is 1. The van der Waals surface area contributed by atoms with E-state index in [2.05, 4.69) is 45.5 Å². The highest BCUT2D eigenvalue weighted by atomic mass is 32.1. The van der Waals surface area contributed by atoms with Gasteiger partial charge in [-0.3, -0.25) is 0 Å². The smallest absolute Gasteiger partial charge is 0.203 e. The van der Waals surface area contributed by atoms with Gasteiger partial charge in [0.05, 0.1) is 12.2 Å². The van der Waals surface area contributed by atoms with Gasteiger partial charge in [0, 0.05) is 17.1 Å². The molecule has 0 radical (unpaired) electrons. The molecule has 0 bridgehead atoms. The summed E-state index contributed by atoms with van der Waals surface area (Å²) in [4.78, 5) is 6.02. The zero-order valence-electron chi connectivity index (χ0n) is 11.4. The van der Waals surface area contributed by atoms with E-state index < -0.39 is 0 Å². The first-order valence-electron chi connectivity index (χ1n) is 7.14. The Balaban J connectivity index is 1.73. The molecule has 0 aliphatic heterocycles. The lowest BCUT2D eigenvalue weighted by molar-refractivity contribution is 0.459. The van der Waals surface area contributed by atoms with Crippen LogP contribution >= 0.6 is 11.3 Å². The number of aromatic nitrogens is 2. The zero-order chi connectivity index (χ0) is 13.1. The van der Waals surface area contributed by atoms with Crippen molar-refractivity contribution in [2.75, 3.05) is 5.32 Å². The summed E-state index contributed by atoms with van der Waals surface area (Å²) >= 11 is 1.81. The topological polar surface area (TPSA) is 29.9 Å². The Bertz CT molecular complexity index is 509. The van der Waals surface area contributed by atoms with E-state index in [9.17, 15) is 0 Å².